The van der Waals surface area contributed by atoms with Gasteiger partial charge in [-0.3, -0.25) is 4.79 Å². The summed E-state index contributed by atoms with van der Waals surface area (Å²) in [6, 6.07) is 5.34. The van der Waals surface area contributed by atoms with Gasteiger partial charge in [-0.1, -0.05) is 12.1 Å². The molecule has 0 saturated carbocycles. The van der Waals surface area contributed by atoms with Crippen LogP contribution in [0.1, 0.15) is 39.2 Å². The summed E-state index contributed by atoms with van der Waals surface area (Å²) in [4.78, 5) is 28.5. The first kappa shape index (κ1) is 23.9. The number of amides is 2. The third-order valence-corrected chi connectivity index (χ3v) is 5.61. The average molecular weight is 454 g/mol. The van der Waals surface area contributed by atoms with Crippen LogP contribution in [0.2, 0.25) is 0 Å². The number of alkyl halides is 3. The van der Waals surface area contributed by atoms with Crippen molar-refractivity contribution in [3.63, 3.8) is 0 Å². The molecule has 6 nitrogen and oxygen atoms in total. The van der Waals surface area contributed by atoms with Gasteiger partial charge in [0.1, 0.15) is 11.4 Å². The molecular weight excluding hydrogens is 425 g/mol. The van der Waals surface area contributed by atoms with Crippen LogP contribution in [0.25, 0.3) is 6.08 Å². The lowest BCUT2D eigenvalue weighted by molar-refractivity contribution is -0.274. The molecule has 9 heteroatoms. The van der Waals surface area contributed by atoms with Gasteiger partial charge in [-0.25, -0.2) is 4.79 Å². The summed E-state index contributed by atoms with van der Waals surface area (Å²) < 4.78 is 46.0. The van der Waals surface area contributed by atoms with Crippen molar-refractivity contribution in [1.82, 2.24) is 9.80 Å². The molecule has 0 N–H and O–H groups in total. The Hall–Kier alpha value is -2.71. The van der Waals surface area contributed by atoms with Crippen molar-refractivity contribution in [3.8, 4) is 5.75 Å². The van der Waals surface area contributed by atoms with Crippen LogP contribution in [-0.2, 0) is 9.53 Å². The topological polar surface area (TPSA) is 59.1 Å². The highest BCUT2D eigenvalue weighted by Crippen LogP contribution is 2.32. The van der Waals surface area contributed by atoms with Crippen molar-refractivity contribution < 1.29 is 32.2 Å². The first-order valence-corrected chi connectivity index (χ1v) is 10.7. The summed E-state index contributed by atoms with van der Waals surface area (Å²) in [6.45, 7) is 8.03. The van der Waals surface area contributed by atoms with Crippen molar-refractivity contribution in [2.75, 3.05) is 26.2 Å². The number of halogens is 3. The van der Waals surface area contributed by atoms with Gasteiger partial charge in [-0.2, -0.15) is 0 Å². The molecular formula is C23H29F3N2O4. The zero-order valence-electron chi connectivity index (χ0n) is 18.5. The Morgan fingerprint density at radius 1 is 0.969 bits per heavy atom. The maximum absolute atomic E-state index is 12.6. The second-order valence-electron chi connectivity index (χ2n) is 9.26. The van der Waals surface area contributed by atoms with Crippen LogP contribution in [-0.4, -0.2) is 59.9 Å². The second-order valence-corrected chi connectivity index (χ2v) is 9.26. The first-order chi connectivity index (χ1) is 14.9. The van der Waals surface area contributed by atoms with Crippen LogP contribution in [0.5, 0.6) is 5.75 Å². The largest absolute Gasteiger partial charge is 0.573 e. The maximum Gasteiger partial charge on any atom is 0.573 e. The minimum absolute atomic E-state index is 0.135. The molecule has 2 aliphatic rings. The van der Waals surface area contributed by atoms with Crippen molar-refractivity contribution >= 4 is 18.1 Å². The second kappa shape index (κ2) is 9.42. The van der Waals surface area contributed by atoms with E-state index in [4.69, 9.17) is 4.74 Å². The Morgan fingerprint density at radius 2 is 1.53 bits per heavy atom. The van der Waals surface area contributed by atoms with E-state index in [1.165, 1.54) is 30.3 Å². The number of carbonyl (C=O) groups excluding carboxylic acids is 2. The van der Waals surface area contributed by atoms with Gasteiger partial charge >= 0.3 is 12.5 Å². The molecule has 0 radical (unpaired) electrons. The fraction of sp³-hybridized carbons (Fsp3) is 0.565. The minimum atomic E-state index is -4.73. The summed E-state index contributed by atoms with van der Waals surface area (Å²) in [5.74, 6) is 0.237. The Balaban J connectivity index is 1.50. The highest BCUT2D eigenvalue weighted by molar-refractivity contribution is 5.91. The van der Waals surface area contributed by atoms with Crippen molar-refractivity contribution in [3.05, 3.63) is 35.9 Å². The van der Waals surface area contributed by atoms with Gasteiger partial charge in [-0.05, 0) is 69.2 Å². The molecule has 0 aromatic heterocycles. The standard InChI is InChI=1S/C23H29F3N2O4/c1-22(2,3)32-21(30)28-14-17-10-12-27(13-11-18(17)15-28)20(29)9-6-16-4-7-19(8-5-16)31-23(24,25)26/h4-9,17-18H,10-15H2,1-3H3/b9-6+. The molecule has 2 amide bonds. The lowest BCUT2D eigenvalue weighted by atomic mass is 9.92. The maximum atomic E-state index is 12.6. The van der Waals surface area contributed by atoms with Crippen LogP contribution >= 0.6 is 0 Å². The van der Waals surface area contributed by atoms with Gasteiger partial charge in [0.15, 0.2) is 0 Å². The first-order valence-electron chi connectivity index (χ1n) is 10.7. The van der Waals surface area contributed by atoms with E-state index in [0.717, 1.165) is 12.8 Å². The molecule has 3 rings (SSSR count). The predicted octanol–water partition coefficient (Wildman–Crippen LogP) is 4.70. The molecule has 1 aromatic carbocycles. The monoisotopic (exact) mass is 454 g/mol. The van der Waals surface area contributed by atoms with Crippen LogP contribution in [0, 0.1) is 11.8 Å². The summed E-state index contributed by atoms with van der Waals surface area (Å²) in [7, 11) is 0. The molecule has 32 heavy (non-hydrogen) atoms. The molecule has 2 atom stereocenters. The van der Waals surface area contributed by atoms with Gasteiger partial charge in [0.25, 0.3) is 0 Å². The van der Waals surface area contributed by atoms with Gasteiger partial charge in [0.05, 0.1) is 0 Å². The highest BCUT2D eigenvalue weighted by Gasteiger charge is 2.38. The Morgan fingerprint density at radius 3 is 2.03 bits per heavy atom. The van der Waals surface area contributed by atoms with Crippen LogP contribution in [0.15, 0.2) is 30.3 Å². The zero-order valence-corrected chi connectivity index (χ0v) is 18.5. The SMILES string of the molecule is CC(C)(C)OC(=O)N1CC2CCN(C(=O)/C=C/c3ccc(OC(F)(F)F)cc3)CCC2C1. The van der Waals surface area contributed by atoms with Gasteiger partial charge in [0, 0.05) is 32.3 Å². The molecule has 0 bridgehead atoms. The van der Waals surface area contributed by atoms with Crippen molar-refractivity contribution in [2.45, 2.75) is 45.6 Å². The summed E-state index contributed by atoms with van der Waals surface area (Å²) in [6.07, 6.45) is -0.376. The van der Waals surface area contributed by atoms with Gasteiger partial charge in [0.2, 0.25) is 5.91 Å². The molecule has 2 aliphatic heterocycles. The quantitative estimate of drug-likeness (QED) is 0.621. The molecule has 176 valence electrons. The molecule has 2 saturated heterocycles. The van der Waals surface area contributed by atoms with E-state index in [1.807, 2.05) is 20.8 Å². The zero-order chi connectivity index (χ0) is 23.5. The smallest absolute Gasteiger partial charge is 0.444 e. The van der Waals surface area contributed by atoms with Crippen molar-refractivity contribution in [2.24, 2.45) is 11.8 Å². The van der Waals surface area contributed by atoms with Crippen LogP contribution < -0.4 is 4.74 Å². The van der Waals surface area contributed by atoms with E-state index in [2.05, 4.69) is 4.74 Å². The van der Waals surface area contributed by atoms with E-state index < -0.39 is 12.0 Å². The summed E-state index contributed by atoms with van der Waals surface area (Å²) >= 11 is 0. The molecule has 0 spiro atoms. The Bertz CT molecular complexity index is 830. The van der Waals surface area contributed by atoms with Gasteiger partial charge in [-0.15, -0.1) is 13.2 Å². The number of benzene rings is 1. The number of rotatable bonds is 3. The van der Waals surface area contributed by atoms with Crippen molar-refractivity contribution in [1.29, 1.82) is 0 Å². The van der Waals surface area contributed by atoms with E-state index in [9.17, 15) is 22.8 Å². The fourth-order valence-corrected chi connectivity index (χ4v) is 4.10. The Labute approximate surface area is 186 Å². The number of fused-ring (bicyclic) bond motifs is 1. The van der Waals surface area contributed by atoms with E-state index in [-0.39, 0.29) is 17.7 Å². The fourth-order valence-electron chi connectivity index (χ4n) is 4.10. The lowest BCUT2D eigenvalue weighted by Crippen LogP contribution is -2.36. The number of hydrogen-bond acceptors (Lipinski definition) is 4. The minimum Gasteiger partial charge on any atom is -0.444 e. The predicted molar refractivity (Wildman–Crippen MR) is 113 cm³/mol. The Kier molecular flexibility index (Phi) is 7.05. The average Bonchev–Trinajstić information content (AvgIpc) is 2.98. The number of carbonyl (C=O) groups is 2. The van der Waals surface area contributed by atoms with Gasteiger partial charge < -0.3 is 19.3 Å². The van der Waals surface area contributed by atoms with E-state index in [1.54, 1.807) is 15.9 Å². The molecule has 2 unspecified atom stereocenters. The number of hydrogen-bond donors (Lipinski definition) is 0. The summed E-state index contributed by atoms with van der Waals surface area (Å²) in [5, 5.41) is 0. The lowest BCUT2D eigenvalue weighted by Gasteiger charge is -2.25. The molecule has 2 heterocycles. The molecule has 1 aromatic rings. The number of nitrogens with zero attached hydrogens (tertiary/aromatic N) is 2. The van der Waals surface area contributed by atoms with E-state index >= 15 is 0 Å². The third kappa shape index (κ3) is 6.90. The number of likely N-dealkylation sites (tertiary alicyclic amines) is 2. The molecule has 0 aliphatic carbocycles. The number of ether oxygens (including phenoxy) is 2. The molecule has 2 fully saturated rings. The van der Waals surface area contributed by atoms with Crippen LogP contribution in [0.4, 0.5) is 18.0 Å². The normalized spacial score (nSPS) is 21.9. The third-order valence-electron chi connectivity index (χ3n) is 5.61. The summed E-state index contributed by atoms with van der Waals surface area (Å²) in [5.41, 5.74) is 0.0794. The van der Waals surface area contributed by atoms with E-state index in [0.29, 0.717) is 43.6 Å². The highest BCUT2D eigenvalue weighted by atomic mass is 19.4. The van der Waals surface area contributed by atoms with Crippen LogP contribution in [0.3, 0.4) is 0 Å².